The van der Waals surface area contributed by atoms with E-state index in [1.54, 1.807) is 18.2 Å². The molecule has 1 heterocycles. The average Bonchev–Trinajstić information content (AvgIpc) is 2.81. The summed E-state index contributed by atoms with van der Waals surface area (Å²) in [7, 11) is 0. The molecule has 0 bridgehead atoms. The predicted molar refractivity (Wildman–Crippen MR) is 98.4 cm³/mol. The van der Waals surface area contributed by atoms with Crippen molar-refractivity contribution in [2.45, 2.75) is 40.0 Å². The standard InChI is InChI=1S/C20H23N3O3/c1-11-10-23(15-8-20(2,3)9-16(24)18(11)15)13-4-5-14(19(22)26)12(6-13)7-17(21)25/h4-6,10H,7-9H2,1-3H3,(H2,21,25)(H2,22,26). The van der Waals surface area contributed by atoms with Gasteiger partial charge in [0.05, 0.1) is 6.42 Å². The molecule has 2 aromatic rings. The molecule has 3 rings (SSSR count). The number of rotatable bonds is 4. The lowest BCUT2D eigenvalue weighted by molar-refractivity contribution is -0.117. The second-order valence-corrected chi connectivity index (χ2v) is 7.79. The van der Waals surface area contributed by atoms with Gasteiger partial charge in [0.25, 0.3) is 0 Å². The van der Waals surface area contributed by atoms with Gasteiger partial charge >= 0.3 is 0 Å². The first-order chi connectivity index (χ1) is 12.1. The lowest BCUT2D eigenvalue weighted by atomic mass is 9.75. The van der Waals surface area contributed by atoms with Gasteiger partial charge in [-0.25, -0.2) is 0 Å². The minimum absolute atomic E-state index is 0.0705. The fourth-order valence-corrected chi connectivity index (χ4v) is 3.81. The van der Waals surface area contributed by atoms with Crippen LogP contribution in [0.4, 0.5) is 0 Å². The molecule has 1 aliphatic rings. The maximum absolute atomic E-state index is 12.6. The number of aromatic nitrogens is 1. The summed E-state index contributed by atoms with van der Waals surface area (Å²) < 4.78 is 1.97. The summed E-state index contributed by atoms with van der Waals surface area (Å²) in [5.41, 5.74) is 14.8. The Morgan fingerprint density at radius 2 is 1.88 bits per heavy atom. The van der Waals surface area contributed by atoms with Gasteiger partial charge in [-0.2, -0.15) is 0 Å². The fraction of sp³-hybridized carbons (Fsp3) is 0.350. The van der Waals surface area contributed by atoms with E-state index in [4.69, 9.17) is 11.5 Å². The van der Waals surface area contributed by atoms with Gasteiger partial charge in [0.1, 0.15) is 0 Å². The second-order valence-electron chi connectivity index (χ2n) is 7.79. The molecule has 1 aliphatic carbocycles. The second kappa shape index (κ2) is 6.12. The Morgan fingerprint density at radius 3 is 2.50 bits per heavy atom. The topological polar surface area (TPSA) is 108 Å². The number of carbonyl (C=O) groups is 3. The number of hydrogen-bond acceptors (Lipinski definition) is 3. The smallest absolute Gasteiger partial charge is 0.248 e. The Morgan fingerprint density at radius 1 is 1.19 bits per heavy atom. The third kappa shape index (κ3) is 3.14. The Hall–Kier alpha value is -2.89. The Labute approximate surface area is 152 Å². The summed E-state index contributed by atoms with van der Waals surface area (Å²) in [6.07, 6.45) is 3.15. The quantitative estimate of drug-likeness (QED) is 0.878. The number of primary amides is 2. The normalized spacial score (nSPS) is 15.6. The van der Waals surface area contributed by atoms with Crippen LogP contribution < -0.4 is 11.5 Å². The number of fused-ring (bicyclic) bond motifs is 1. The van der Waals surface area contributed by atoms with Gasteiger partial charge in [0.15, 0.2) is 5.78 Å². The fourth-order valence-electron chi connectivity index (χ4n) is 3.81. The average molecular weight is 353 g/mol. The van der Waals surface area contributed by atoms with Crippen LogP contribution >= 0.6 is 0 Å². The van der Waals surface area contributed by atoms with Gasteiger partial charge in [-0.3, -0.25) is 14.4 Å². The minimum Gasteiger partial charge on any atom is -0.369 e. The van der Waals surface area contributed by atoms with Crippen molar-refractivity contribution in [3.63, 3.8) is 0 Å². The summed E-state index contributed by atoms with van der Waals surface area (Å²) >= 11 is 0. The first-order valence-electron chi connectivity index (χ1n) is 8.54. The highest BCUT2D eigenvalue weighted by atomic mass is 16.1. The zero-order valence-electron chi connectivity index (χ0n) is 15.3. The van der Waals surface area contributed by atoms with E-state index in [9.17, 15) is 14.4 Å². The van der Waals surface area contributed by atoms with E-state index < -0.39 is 11.8 Å². The predicted octanol–water partition coefficient (Wildman–Crippen LogP) is 2.07. The summed E-state index contributed by atoms with van der Waals surface area (Å²) in [5.74, 6) is -0.986. The number of amides is 2. The highest BCUT2D eigenvalue weighted by Gasteiger charge is 2.34. The molecular weight excluding hydrogens is 330 g/mol. The van der Waals surface area contributed by atoms with Crippen LogP contribution in [0.3, 0.4) is 0 Å². The zero-order chi connectivity index (χ0) is 19.2. The maximum Gasteiger partial charge on any atom is 0.248 e. The van der Waals surface area contributed by atoms with Crippen molar-refractivity contribution in [2.24, 2.45) is 16.9 Å². The lowest BCUT2D eigenvalue weighted by Crippen LogP contribution is -2.28. The van der Waals surface area contributed by atoms with Crippen LogP contribution in [0.15, 0.2) is 24.4 Å². The molecule has 0 spiro atoms. The molecule has 1 aromatic heterocycles. The third-order valence-corrected chi connectivity index (χ3v) is 4.86. The first-order valence-corrected chi connectivity index (χ1v) is 8.54. The van der Waals surface area contributed by atoms with Gasteiger partial charge in [-0.1, -0.05) is 13.8 Å². The maximum atomic E-state index is 12.6. The van der Waals surface area contributed by atoms with Crippen LogP contribution in [0.2, 0.25) is 0 Å². The molecule has 136 valence electrons. The summed E-state index contributed by atoms with van der Waals surface area (Å²) in [6.45, 7) is 6.08. The molecule has 0 unspecified atom stereocenters. The third-order valence-electron chi connectivity index (χ3n) is 4.86. The number of benzene rings is 1. The highest BCUT2D eigenvalue weighted by Crippen LogP contribution is 2.38. The van der Waals surface area contributed by atoms with E-state index in [0.29, 0.717) is 12.0 Å². The minimum atomic E-state index is -0.602. The van der Waals surface area contributed by atoms with Crippen molar-refractivity contribution < 1.29 is 14.4 Å². The highest BCUT2D eigenvalue weighted by molar-refractivity contribution is 6.00. The Kier molecular flexibility index (Phi) is 4.22. The van der Waals surface area contributed by atoms with E-state index in [1.807, 2.05) is 17.7 Å². The Bertz CT molecular complexity index is 938. The SMILES string of the molecule is Cc1cn(-c2ccc(C(N)=O)c(CC(N)=O)c2)c2c1C(=O)CC(C)(C)C2. The zero-order valence-corrected chi connectivity index (χ0v) is 15.3. The number of aryl methyl sites for hydroxylation is 1. The van der Waals surface area contributed by atoms with Crippen molar-refractivity contribution in [1.82, 2.24) is 4.57 Å². The molecule has 2 amide bonds. The Balaban J connectivity index is 2.16. The molecule has 0 radical (unpaired) electrons. The molecule has 0 fully saturated rings. The van der Waals surface area contributed by atoms with E-state index in [0.717, 1.165) is 28.9 Å². The summed E-state index contributed by atoms with van der Waals surface area (Å²) in [6, 6.07) is 5.13. The van der Waals surface area contributed by atoms with E-state index in [-0.39, 0.29) is 23.2 Å². The molecular formula is C20H23N3O3. The number of nitrogens with zero attached hydrogens (tertiary/aromatic N) is 1. The monoisotopic (exact) mass is 353 g/mol. The largest absolute Gasteiger partial charge is 0.369 e. The summed E-state index contributed by atoms with van der Waals surface area (Å²) in [4.78, 5) is 35.6. The van der Waals surface area contributed by atoms with Gasteiger partial charge in [0, 0.05) is 35.1 Å². The molecule has 6 nitrogen and oxygen atoms in total. The number of carbonyl (C=O) groups excluding carboxylic acids is 3. The molecule has 4 N–H and O–H groups in total. The molecule has 6 heteroatoms. The van der Waals surface area contributed by atoms with Crippen LogP contribution in [0.5, 0.6) is 0 Å². The van der Waals surface area contributed by atoms with Crippen molar-refractivity contribution in [3.05, 3.63) is 52.3 Å². The lowest BCUT2D eigenvalue weighted by Gasteiger charge is -2.30. The van der Waals surface area contributed by atoms with Crippen LogP contribution in [0.1, 0.15) is 57.8 Å². The van der Waals surface area contributed by atoms with Gasteiger partial charge in [0.2, 0.25) is 11.8 Å². The molecule has 26 heavy (non-hydrogen) atoms. The van der Waals surface area contributed by atoms with Crippen LogP contribution in [-0.4, -0.2) is 22.2 Å². The van der Waals surface area contributed by atoms with E-state index >= 15 is 0 Å². The number of Topliss-reactive ketones (excluding diaryl/α,β-unsaturated/α-hetero) is 1. The molecule has 1 aromatic carbocycles. The van der Waals surface area contributed by atoms with Crippen molar-refractivity contribution >= 4 is 17.6 Å². The molecule has 0 saturated carbocycles. The van der Waals surface area contributed by atoms with Gasteiger partial charge < -0.3 is 16.0 Å². The van der Waals surface area contributed by atoms with Crippen LogP contribution in [0, 0.1) is 12.3 Å². The van der Waals surface area contributed by atoms with Gasteiger partial charge in [-0.15, -0.1) is 0 Å². The first kappa shape index (κ1) is 17.9. The van der Waals surface area contributed by atoms with Crippen molar-refractivity contribution in [2.75, 3.05) is 0 Å². The van der Waals surface area contributed by atoms with Crippen molar-refractivity contribution in [3.8, 4) is 5.69 Å². The van der Waals surface area contributed by atoms with E-state index in [2.05, 4.69) is 13.8 Å². The van der Waals surface area contributed by atoms with E-state index in [1.165, 1.54) is 0 Å². The van der Waals surface area contributed by atoms with Crippen molar-refractivity contribution in [1.29, 1.82) is 0 Å². The number of nitrogens with two attached hydrogens (primary N) is 2. The number of hydrogen-bond donors (Lipinski definition) is 2. The van der Waals surface area contributed by atoms with Crippen LogP contribution in [-0.2, 0) is 17.6 Å². The molecule has 0 aliphatic heterocycles. The number of ketones is 1. The molecule has 0 saturated heterocycles. The van der Waals surface area contributed by atoms with Crippen LogP contribution in [0.25, 0.3) is 5.69 Å². The van der Waals surface area contributed by atoms with Gasteiger partial charge in [-0.05, 0) is 48.1 Å². The molecule has 0 atom stereocenters. The summed E-state index contributed by atoms with van der Waals surface area (Å²) in [5, 5.41) is 0.